The average Bonchev–Trinajstić information content (AvgIpc) is 2.55. The summed E-state index contributed by atoms with van der Waals surface area (Å²) in [5.41, 5.74) is 4.01. The molecule has 1 heterocycles. The van der Waals surface area contributed by atoms with Crippen molar-refractivity contribution in [1.82, 2.24) is 5.32 Å². The lowest BCUT2D eigenvalue weighted by Crippen LogP contribution is -2.29. The van der Waals surface area contributed by atoms with Gasteiger partial charge in [0.1, 0.15) is 5.75 Å². The quantitative estimate of drug-likeness (QED) is 0.895. The van der Waals surface area contributed by atoms with Crippen molar-refractivity contribution < 1.29 is 4.74 Å². The molecule has 110 valence electrons. The molecule has 0 saturated carbocycles. The minimum absolute atomic E-state index is 0.340. The SMILES string of the molecule is CCc1ccc(C(C)NC2CCOc3ccccc32)cc1. The van der Waals surface area contributed by atoms with E-state index in [-0.39, 0.29) is 0 Å². The lowest BCUT2D eigenvalue weighted by atomic mass is 9.98. The number of hydrogen-bond donors (Lipinski definition) is 1. The van der Waals surface area contributed by atoms with E-state index in [0.717, 1.165) is 25.2 Å². The van der Waals surface area contributed by atoms with Crippen LogP contribution < -0.4 is 10.1 Å². The van der Waals surface area contributed by atoms with Crippen LogP contribution in [0.25, 0.3) is 0 Å². The number of aryl methyl sites for hydroxylation is 1. The molecule has 0 amide bonds. The van der Waals surface area contributed by atoms with Crippen molar-refractivity contribution in [3.05, 3.63) is 65.2 Å². The standard InChI is InChI=1S/C19H23NO/c1-3-15-8-10-16(11-9-15)14(2)20-18-12-13-21-19-7-5-4-6-17(18)19/h4-11,14,18,20H,3,12-13H2,1-2H3. The molecule has 2 aromatic rings. The van der Waals surface area contributed by atoms with Crippen LogP contribution >= 0.6 is 0 Å². The zero-order valence-electron chi connectivity index (χ0n) is 12.8. The molecule has 2 atom stereocenters. The van der Waals surface area contributed by atoms with Gasteiger partial charge in [0.15, 0.2) is 0 Å². The largest absolute Gasteiger partial charge is 0.493 e. The molecule has 1 N–H and O–H groups in total. The molecule has 2 nitrogen and oxygen atoms in total. The molecular weight excluding hydrogens is 258 g/mol. The first-order valence-corrected chi connectivity index (χ1v) is 7.84. The zero-order chi connectivity index (χ0) is 14.7. The van der Waals surface area contributed by atoms with Gasteiger partial charge in [0.05, 0.1) is 6.61 Å². The summed E-state index contributed by atoms with van der Waals surface area (Å²) in [6.45, 7) is 5.21. The average molecular weight is 281 g/mol. The Morgan fingerprint density at radius 1 is 1.14 bits per heavy atom. The molecule has 0 aromatic heterocycles. The third kappa shape index (κ3) is 3.11. The van der Waals surface area contributed by atoms with E-state index < -0.39 is 0 Å². The van der Waals surface area contributed by atoms with Gasteiger partial charge in [0.25, 0.3) is 0 Å². The minimum Gasteiger partial charge on any atom is -0.493 e. The van der Waals surface area contributed by atoms with E-state index in [9.17, 15) is 0 Å². The predicted molar refractivity (Wildman–Crippen MR) is 86.7 cm³/mol. The van der Waals surface area contributed by atoms with Gasteiger partial charge in [-0.15, -0.1) is 0 Å². The summed E-state index contributed by atoms with van der Waals surface area (Å²) >= 11 is 0. The Labute approximate surface area is 127 Å². The molecular formula is C19H23NO. The highest BCUT2D eigenvalue weighted by Gasteiger charge is 2.22. The van der Waals surface area contributed by atoms with Gasteiger partial charge in [0.2, 0.25) is 0 Å². The van der Waals surface area contributed by atoms with Crippen molar-refractivity contribution in [2.24, 2.45) is 0 Å². The van der Waals surface area contributed by atoms with Gasteiger partial charge in [-0.3, -0.25) is 0 Å². The third-order valence-corrected chi connectivity index (χ3v) is 4.30. The van der Waals surface area contributed by atoms with Crippen LogP contribution in [0.5, 0.6) is 5.75 Å². The van der Waals surface area contributed by atoms with Crippen LogP contribution in [0.15, 0.2) is 48.5 Å². The topological polar surface area (TPSA) is 21.3 Å². The van der Waals surface area contributed by atoms with Crippen LogP contribution in [-0.4, -0.2) is 6.61 Å². The smallest absolute Gasteiger partial charge is 0.124 e. The zero-order valence-corrected chi connectivity index (χ0v) is 12.8. The number of fused-ring (bicyclic) bond motifs is 1. The molecule has 1 aliphatic rings. The fourth-order valence-corrected chi connectivity index (χ4v) is 2.96. The molecule has 0 bridgehead atoms. The Kier molecular flexibility index (Phi) is 4.26. The molecule has 0 radical (unpaired) electrons. The van der Waals surface area contributed by atoms with Crippen molar-refractivity contribution >= 4 is 0 Å². The maximum Gasteiger partial charge on any atom is 0.124 e. The number of rotatable bonds is 4. The first kappa shape index (κ1) is 14.2. The first-order chi connectivity index (χ1) is 10.3. The second-order valence-electron chi connectivity index (χ2n) is 5.71. The van der Waals surface area contributed by atoms with Crippen LogP contribution in [0.3, 0.4) is 0 Å². The summed E-state index contributed by atoms with van der Waals surface area (Å²) in [5, 5.41) is 3.75. The molecule has 21 heavy (non-hydrogen) atoms. The van der Waals surface area contributed by atoms with Crippen LogP contribution in [0.2, 0.25) is 0 Å². The van der Waals surface area contributed by atoms with Gasteiger partial charge >= 0.3 is 0 Å². The number of nitrogens with one attached hydrogen (secondary N) is 1. The molecule has 0 fully saturated rings. The van der Waals surface area contributed by atoms with Crippen molar-refractivity contribution in [1.29, 1.82) is 0 Å². The van der Waals surface area contributed by atoms with Gasteiger partial charge in [-0.25, -0.2) is 0 Å². The molecule has 2 heteroatoms. The summed E-state index contributed by atoms with van der Waals surface area (Å²) < 4.78 is 5.73. The summed E-state index contributed by atoms with van der Waals surface area (Å²) in [5.74, 6) is 1.02. The highest BCUT2D eigenvalue weighted by molar-refractivity contribution is 5.37. The Hall–Kier alpha value is -1.80. The summed E-state index contributed by atoms with van der Waals surface area (Å²) in [6.07, 6.45) is 2.11. The van der Waals surface area contributed by atoms with E-state index in [2.05, 4.69) is 61.6 Å². The van der Waals surface area contributed by atoms with Crippen LogP contribution in [-0.2, 0) is 6.42 Å². The van der Waals surface area contributed by atoms with Gasteiger partial charge in [-0.05, 0) is 30.5 Å². The fraction of sp³-hybridized carbons (Fsp3) is 0.368. The van der Waals surface area contributed by atoms with Crippen molar-refractivity contribution in [3.8, 4) is 5.75 Å². The lowest BCUT2D eigenvalue weighted by Gasteiger charge is -2.29. The van der Waals surface area contributed by atoms with E-state index in [1.54, 1.807) is 0 Å². The lowest BCUT2D eigenvalue weighted by molar-refractivity contribution is 0.246. The van der Waals surface area contributed by atoms with Gasteiger partial charge in [-0.1, -0.05) is 49.4 Å². The Morgan fingerprint density at radius 3 is 2.67 bits per heavy atom. The van der Waals surface area contributed by atoms with Crippen molar-refractivity contribution in [3.63, 3.8) is 0 Å². The Morgan fingerprint density at radius 2 is 1.90 bits per heavy atom. The minimum atomic E-state index is 0.340. The highest BCUT2D eigenvalue weighted by Crippen LogP contribution is 2.33. The molecule has 2 aromatic carbocycles. The predicted octanol–water partition coefficient (Wildman–Crippen LogP) is 4.42. The normalized spacial score (nSPS) is 18.7. The third-order valence-electron chi connectivity index (χ3n) is 4.30. The van der Waals surface area contributed by atoms with Crippen LogP contribution in [0.4, 0.5) is 0 Å². The van der Waals surface area contributed by atoms with Crippen molar-refractivity contribution in [2.75, 3.05) is 6.61 Å². The first-order valence-electron chi connectivity index (χ1n) is 7.84. The number of ether oxygens (including phenoxy) is 1. The van der Waals surface area contributed by atoms with Gasteiger partial charge in [0, 0.05) is 24.1 Å². The molecule has 3 rings (SSSR count). The monoisotopic (exact) mass is 281 g/mol. The van der Waals surface area contributed by atoms with Gasteiger partial charge < -0.3 is 10.1 Å². The molecule has 0 spiro atoms. The van der Waals surface area contributed by atoms with E-state index in [1.165, 1.54) is 16.7 Å². The molecule has 1 aliphatic heterocycles. The van der Waals surface area contributed by atoms with Crippen LogP contribution in [0.1, 0.15) is 49.0 Å². The molecule has 0 saturated heterocycles. The van der Waals surface area contributed by atoms with E-state index >= 15 is 0 Å². The maximum absolute atomic E-state index is 5.73. The molecule has 0 aliphatic carbocycles. The van der Waals surface area contributed by atoms with E-state index in [0.29, 0.717) is 12.1 Å². The fourth-order valence-electron chi connectivity index (χ4n) is 2.96. The summed E-state index contributed by atoms with van der Waals surface area (Å²) in [6, 6.07) is 18.0. The van der Waals surface area contributed by atoms with E-state index in [4.69, 9.17) is 4.74 Å². The second-order valence-corrected chi connectivity index (χ2v) is 5.71. The second kappa shape index (κ2) is 6.31. The van der Waals surface area contributed by atoms with Crippen LogP contribution in [0, 0.1) is 0 Å². The summed E-state index contributed by atoms with van der Waals surface area (Å²) in [7, 11) is 0. The maximum atomic E-state index is 5.73. The Balaban J connectivity index is 1.74. The number of para-hydroxylation sites is 1. The van der Waals surface area contributed by atoms with E-state index in [1.807, 2.05) is 6.07 Å². The van der Waals surface area contributed by atoms with Gasteiger partial charge in [-0.2, -0.15) is 0 Å². The summed E-state index contributed by atoms with van der Waals surface area (Å²) in [4.78, 5) is 0. The highest BCUT2D eigenvalue weighted by atomic mass is 16.5. The molecule has 2 unspecified atom stereocenters. The Bertz CT molecular complexity index is 591. The van der Waals surface area contributed by atoms with Crippen molar-refractivity contribution in [2.45, 2.75) is 38.8 Å². The number of hydrogen-bond acceptors (Lipinski definition) is 2. The number of benzene rings is 2.